The highest BCUT2D eigenvalue weighted by atomic mass is 16.7. The molecule has 2 aromatic rings. The molecule has 0 aromatic carbocycles. The number of hydrogen-bond acceptors (Lipinski definition) is 5. The van der Waals surface area contributed by atoms with Gasteiger partial charge < -0.3 is 14.6 Å². The normalized spacial score (nSPS) is 10.7. The summed E-state index contributed by atoms with van der Waals surface area (Å²) in [7, 11) is 0. The van der Waals surface area contributed by atoms with Crippen molar-refractivity contribution in [2.45, 2.75) is 39.0 Å². The van der Waals surface area contributed by atoms with Crippen molar-refractivity contribution in [3.63, 3.8) is 0 Å². The Kier molecular flexibility index (Phi) is 5.36. The van der Waals surface area contributed by atoms with Crippen molar-refractivity contribution in [3.8, 4) is 0 Å². The molecule has 0 saturated carbocycles. The smallest absolute Gasteiger partial charge is 0.404 e. The van der Waals surface area contributed by atoms with Gasteiger partial charge in [0.25, 0.3) is 0 Å². The molecule has 0 unspecified atom stereocenters. The molecule has 21 heavy (non-hydrogen) atoms. The Labute approximate surface area is 121 Å². The number of oxazole rings is 1. The molecule has 0 aliphatic carbocycles. The number of amides is 1. The summed E-state index contributed by atoms with van der Waals surface area (Å²) in [5.74, 6) is -0.776. The molecule has 0 spiro atoms. The van der Waals surface area contributed by atoms with Crippen LogP contribution in [0.5, 0.6) is 0 Å². The van der Waals surface area contributed by atoms with Crippen LogP contribution in [0.2, 0.25) is 0 Å². The zero-order valence-corrected chi connectivity index (χ0v) is 12.0. The summed E-state index contributed by atoms with van der Waals surface area (Å²) in [5.41, 5.74) is 0.454. The SMILES string of the molecule is CCCCCCCNC(=O)On1c(=O)oc2cccnc21. The second-order valence-electron chi connectivity index (χ2n) is 4.71. The maximum Gasteiger partial charge on any atom is 0.455 e. The minimum absolute atomic E-state index is 0.181. The molecular formula is C14H19N3O4. The standard InChI is InChI=1S/C14H19N3O4/c1-2-3-4-5-6-9-16-13(18)21-17-12-11(20-14(17)19)8-7-10-15-12/h7-8,10H,2-6,9H2,1H3,(H,16,18). The van der Waals surface area contributed by atoms with Gasteiger partial charge >= 0.3 is 11.8 Å². The molecule has 1 N–H and O–H groups in total. The lowest BCUT2D eigenvalue weighted by atomic mass is 10.1. The van der Waals surface area contributed by atoms with Crippen LogP contribution in [0.15, 0.2) is 27.5 Å². The van der Waals surface area contributed by atoms with Gasteiger partial charge in [-0.3, -0.25) is 0 Å². The molecule has 0 aliphatic heterocycles. The van der Waals surface area contributed by atoms with Crippen LogP contribution in [-0.4, -0.2) is 22.4 Å². The molecule has 0 saturated heterocycles. The fourth-order valence-electron chi connectivity index (χ4n) is 1.95. The van der Waals surface area contributed by atoms with Crippen LogP contribution in [-0.2, 0) is 0 Å². The average molecular weight is 293 g/mol. The van der Waals surface area contributed by atoms with Gasteiger partial charge in [-0.15, -0.1) is 0 Å². The van der Waals surface area contributed by atoms with Crippen LogP contribution >= 0.6 is 0 Å². The van der Waals surface area contributed by atoms with Gasteiger partial charge in [0.1, 0.15) is 0 Å². The minimum Gasteiger partial charge on any atom is -0.404 e. The fourth-order valence-corrected chi connectivity index (χ4v) is 1.95. The summed E-state index contributed by atoms with van der Waals surface area (Å²) >= 11 is 0. The van der Waals surface area contributed by atoms with E-state index in [2.05, 4.69) is 17.2 Å². The summed E-state index contributed by atoms with van der Waals surface area (Å²) in [6.07, 6.45) is 6.27. The molecule has 2 rings (SSSR count). The van der Waals surface area contributed by atoms with E-state index in [1.807, 2.05) is 0 Å². The van der Waals surface area contributed by atoms with Crippen molar-refractivity contribution in [2.24, 2.45) is 0 Å². The predicted molar refractivity (Wildman–Crippen MR) is 77.0 cm³/mol. The molecule has 2 aromatic heterocycles. The number of nitrogens with one attached hydrogen (secondary N) is 1. The molecule has 0 atom stereocenters. The number of fused-ring (bicyclic) bond motifs is 1. The number of carbonyl (C=O) groups is 1. The number of hydrogen-bond donors (Lipinski definition) is 1. The van der Waals surface area contributed by atoms with E-state index in [0.717, 1.165) is 24.0 Å². The molecule has 0 aliphatic rings. The summed E-state index contributed by atoms with van der Waals surface area (Å²) in [6, 6.07) is 3.21. The zero-order valence-electron chi connectivity index (χ0n) is 12.0. The van der Waals surface area contributed by atoms with Gasteiger partial charge in [0.15, 0.2) is 5.58 Å². The molecule has 7 nitrogen and oxygen atoms in total. The monoisotopic (exact) mass is 293 g/mol. The highest BCUT2D eigenvalue weighted by Gasteiger charge is 2.14. The lowest BCUT2D eigenvalue weighted by molar-refractivity contribution is 0.127. The first-order chi connectivity index (χ1) is 10.2. The number of pyridine rings is 1. The van der Waals surface area contributed by atoms with Crippen molar-refractivity contribution in [1.82, 2.24) is 15.0 Å². The van der Waals surface area contributed by atoms with Crippen LogP contribution in [0.4, 0.5) is 4.79 Å². The van der Waals surface area contributed by atoms with E-state index >= 15 is 0 Å². The Morgan fingerprint density at radius 2 is 2.19 bits per heavy atom. The van der Waals surface area contributed by atoms with Crippen LogP contribution in [0.25, 0.3) is 11.2 Å². The van der Waals surface area contributed by atoms with E-state index in [1.165, 1.54) is 19.0 Å². The van der Waals surface area contributed by atoms with Gasteiger partial charge in [0.05, 0.1) is 0 Å². The Morgan fingerprint density at radius 1 is 1.38 bits per heavy atom. The zero-order chi connectivity index (χ0) is 15.1. The first-order valence-electron chi connectivity index (χ1n) is 7.15. The van der Waals surface area contributed by atoms with Gasteiger partial charge in [-0.2, -0.15) is 0 Å². The van der Waals surface area contributed by atoms with Gasteiger partial charge in [-0.25, -0.2) is 14.6 Å². The van der Waals surface area contributed by atoms with Crippen molar-refractivity contribution in [3.05, 3.63) is 28.9 Å². The van der Waals surface area contributed by atoms with Gasteiger partial charge in [-0.05, 0) is 18.6 Å². The lowest BCUT2D eigenvalue weighted by Crippen LogP contribution is -2.36. The van der Waals surface area contributed by atoms with Gasteiger partial charge in [0.2, 0.25) is 5.65 Å². The van der Waals surface area contributed by atoms with Gasteiger partial charge in [0, 0.05) is 12.7 Å². The maximum atomic E-state index is 11.6. The number of carbonyl (C=O) groups excluding carboxylic acids is 1. The van der Waals surface area contributed by atoms with E-state index < -0.39 is 11.8 Å². The Hall–Kier alpha value is -2.31. The third-order valence-electron chi connectivity index (χ3n) is 3.03. The van der Waals surface area contributed by atoms with Crippen LogP contribution in [0, 0.1) is 0 Å². The van der Waals surface area contributed by atoms with Gasteiger partial charge in [-0.1, -0.05) is 37.3 Å². The summed E-state index contributed by atoms with van der Waals surface area (Å²) < 4.78 is 5.66. The van der Waals surface area contributed by atoms with Crippen molar-refractivity contribution < 1.29 is 14.0 Å². The molecule has 7 heteroatoms. The van der Waals surface area contributed by atoms with Crippen LogP contribution in [0.1, 0.15) is 39.0 Å². The quantitative estimate of drug-likeness (QED) is 0.790. The first kappa shape index (κ1) is 15.1. The Bertz CT molecular complexity index is 647. The van der Waals surface area contributed by atoms with Crippen molar-refractivity contribution >= 4 is 17.3 Å². The van der Waals surface area contributed by atoms with Crippen molar-refractivity contribution in [2.75, 3.05) is 6.54 Å². The van der Waals surface area contributed by atoms with E-state index in [1.54, 1.807) is 12.1 Å². The molecule has 0 fully saturated rings. The van der Waals surface area contributed by atoms with E-state index in [9.17, 15) is 9.59 Å². The fraction of sp³-hybridized carbons (Fsp3) is 0.500. The lowest BCUT2D eigenvalue weighted by Gasteiger charge is -2.05. The minimum atomic E-state index is -0.776. The topological polar surface area (TPSA) is 86.4 Å². The summed E-state index contributed by atoms with van der Waals surface area (Å²) in [4.78, 5) is 32.1. The second kappa shape index (κ2) is 7.47. The Balaban J connectivity index is 1.84. The van der Waals surface area contributed by atoms with Crippen LogP contribution < -0.4 is 15.9 Å². The van der Waals surface area contributed by atoms with E-state index in [-0.39, 0.29) is 11.2 Å². The number of unbranched alkanes of at least 4 members (excludes halogenated alkanes) is 4. The molecular weight excluding hydrogens is 274 g/mol. The highest BCUT2D eigenvalue weighted by Crippen LogP contribution is 2.06. The van der Waals surface area contributed by atoms with E-state index in [4.69, 9.17) is 9.25 Å². The molecule has 114 valence electrons. The largest absolute Gasteiger partial charge is 0.455 e. The highest BCUT2D eigenvalue weighted by molar-refractivity contribution is 5.70. The number of aromatic nitrogens is 2. The average Bonchev–Trinajstić information content (AvgIpc) is 2.79. The first-order valence-corrected chi connectivity index (χ1v) is 7.15. The maximum absolute atomic E-state index is 11.6. The Morgan fingerprint density at radius 3 is 3.00 bits per heavy atom. The molecule has 2 heterocycles. The second-order valence-corrected chi connectivity index (χ2v) is 4.71. The molecule has 0 bridgehead atoms. The van der Waals surface area contributed by atoms with Crippen molar-refractivity contribution in [1.29, 1.82) is 0 Å². The van der Waals surface area contributed by atoms with E-state index in [0.29, 0.717) is 6.54 Å². The third-order valence-corrected chi connectivity index (χ3v) is 3.03. The number of nitrogens with zero attached hydrogens (tertiary/aromatic N) is 2. The predicted octanol–water partition coefficient (Wildman–Crippen LogP) is 2.10. The number of rotatable bonds is 7. The molecule has 0 radical (unpaired) electrons. The van der Waals surface area contributed by atoms with Crippen LogP contribution in [0.3, 0.4) is 0 Å². The third kappa shape index (κ3) is 4.08. The summed E-state index contributed by atoms with van der Waals surface area (Å²) in [5, 5.41) is 2.60. The summed E-state index contributed by atoms with van der Waals surface area (Å²) in [6.45, 7) is 2.66. The molecule has 1 amide bonds.